The lowest BCUT2D eigenvalue weighted by Crippen LogP contribution is -2.29. The van der Waals surface area contributed by atoms with Gasteiger partial charge in [0.1, 0.15) is 18.5 Å². The fourth-order valence-electron chi connectivity index (χ4n) is 3.08. The number of hydrogen-bond acceptors (Lipinski definition) is 6. The van der Waals surface area contributed by atoms with Gasteiger partial charge in [0.25, 0.3) is 5.56 Å². The number of rotatable bonds is 4. The van der Waals surface area contributed by atoms with Gasteiger partial charge in [0.2, 0.25) is 0 Å². The summed E-state index contributed by atoms with van der Waals surface area (Å²) in [5.74, 6) is -1.01. The Morgan fingerprint density at radius 1 is 1.28 bits per heavy atom. The number of carboxylic acids is 1. The lowest BCUT2D eigenvalue weighted by molar-refractivity contribution is -0.192. The number of carboxylic acid groups (broad SMARTS) is 1. The molecule has 1 fully saturated rings. The summed E-state index contributed by atoms with van der Waals surface area (Å²) in [7, 11) is 0. The van der Waals surface area contributed by atoms with Gasteiger partial charge in [-0.3, -0.25) is 14.3 Å². The number of nitrogens with zero attached hydrogens (tertiary/aromatic N) is 6. The van der Waals surface area contributed by atoms with Gasteiger partial charge in [-0.05, 0) is 25.2 Å². The number of aliphatic carboxylic acids is 1. The molecule has 2 aromatic rings. The van der Waals surface area contributed by atoms with Crippen molar-refractivity contribution in [3.05, 3.63) is 40.6 Å². The van der Waals surface area contributed by atoms with E-state index in [-0.39, 0.29) is 5.56 Å². The van der Waals surface area contributed by atoms with E-state index in [9.17, 15) is 18.0 Å². The van der Waals surface area contributed by atoms with E-state index < -0.39 is 12.1 Å². The second-order valence-corrected chi connectivity index (χ2v) is 7.08. The van der Waals surface area contributed by atoms with Crippen LogP contribution in [0.5, 0.6) is 0 Å². The van der Waals surface area contributed by atoms with E-state index in [1.807, 2.05) is 4.57 Å². The maximum absolute atomic E-state index is 12.4. The zero-order valence-electron chi connectivity index (χ0n) is 15.5. The highest BCUT2D eigenvalue weighted by atomic mass is 19.4. The molecule has 158 valence electrons. The molecule has 2 aliphatic rings. The summed E-state index contributed by atoms with van der Waals surface area (Å²) in [6, 6.07) is 1.63. The molecule has 1 N–H and O–H groups in total. The molecule has 0 unspecified atom stereocenters. The van der Waals surface area contributed by atoms with E-state index in [0.29, 0.717) is 6.54 Å². The average Bonchev–Trinajstić information content (AvgIpc) is 3.34. The molecule has 12 heteroatoms. The van der Waals surface area contributed by atoms with E-state index in [4.69, 9.17) is 14.9 Å². The van der Waals surface area contributed by atoms with Crippen molar-refractivity contribution in [1.29, 1.82) is 0 Å². The predicted molar refractivity (Wildman–Crippen MR) is 93.9 cm³/mol. The molecule has 29 heavy (non-hydrogen) atoms. The zero-order chi connectivity index (χ0) is 21.0. The molecule has 9 nitrogen and oxygen atoms in total. The summed E-state index contributed by atoms with van der Waals surface area (Å²) in [5.41, 5.74) is 0.809. The number of fused-ring (bicyclic) bond motifs is 1. The summed E-state index contributed by atoms with van der Waals surface area (Å²) in [6.07, 6.45) is 1.77. The van der Waals surface area contributed by atoms with Gasteiger partial charge in [-0.2, -0.15) is 18.3 Å². The lowest BCUT2D eigenvalue weighted by atomic mass is 10.3. The van der Waals surface area contributed by atoms with Gasteiger partial charge in [-0.15, -0.1) is 0 Å². The Kier molecular flexibility index (Phi) is 6.30. The first-order valence-corrected chi connectivity index (χ1v) is 9.17. The fraction of sp³-hybridized carbons (Fsp3) is 0.588. The summed E-state index contributed by atoms with van der Waals surface area (Å²) in [6.45, 7) is 4.23. The largest absolute Gasteiger partial charge is 0.490 e. The summed E-state index contributed by atoms with van der Waals surface area (Å²) < 4.78 is 35.3. The molecule has 0 aromatic carbocycles. The Hall–Kier alpha value is -2.76. The Morgan fingerprint density at radius 2 is 2.00 bits per heavy atom. The topological polar surface area (TPSA) is 106 Å². The Bertz CT molecular complexity index is 893. The van der Waals surface area contributed by atoms with Crippen LogP contribution in [0.25, 0.3) is 0 Å². The Labute approximate surface area is 163 Å². The second-order valence-electron chi connectivity index (χ2n) is 7.08. The highest BCUT2D eigenvalue weighted by Crippen LogP contribution is 2.30. The molecule has 2 aromatic heterocycles. The molecule has 0 atom stereocenters. The van der Waals surface area contributed by atoms with Gasteiger partial charge >= 0.3 is 12.1 Å². The van der Waals surface area contributed by atoms with Gasteiger partial charge in [-0.1, -0.05) is 0 Å². The van der Waals surface area contributed by atoms with Crippen molar-refractivity contribution in [3.8, 4) is 0 Å². The van der Waals surface area contributed by atoms with E-state index in [2.05, 4.69) is 15.0 Å². The molecule has 3 heterocycles. The molecule has 0 radical (unpaired) electrons. The molecule has 0 bridgehead atoms. The van der Waals surface area contributed by atoms with Crippen LogP contribution in [0.1, 0.15) is 30.8 Å². The van der Waals surface area contributed by atoms with Gasteiger partial charge in [-0.25, -0.2) is 19.4 Å². The molecule has 4 rings (SSSR count). The maximum atomic E-state index is 12.4. The number of hydrogen-bond donors (Lipinski definition) is 1. The van der Waals surface area contributed by atoms with Crippen LogP contribution >= 0.6 is 0 Å². The number of halogens is 3. The highest BCUT2D eigenvalue weighted by Gasteiger charge is 2.38. The number of alkyl halides is 3. The minimum Gasteiger partial charge on any atom is -0.475 e. The minimum atomic E-state index is -5.08. The van der Waals surface area contributed by atoms with Crippen LogP contribution in [0.2, 0.25) is 0 Å². The molecule has 1 aliphatic heterocycles. The van der Waals surface area contributed by atoms with Crippen LogP contribution < -0.4 is 5.56 Å². The number of carbonyl (C=O) groups is 1. The van der Waals surface area contributed by atoms with Crippen molar-refractivity contribution in [2.24, 2.45) is 5.92 Å². The lowest BCUT2D eigenvalue weighted by Gasteiger charge is -2.19. The van der Waals surface area contributed by atoms with Crippen LogP contribution in [0.15, 0.2) is 23.5 Å². The third-order valence-corrected chi connectivity index (χ3v) is 4.61. The van der Waals surface area contributed by atoms with Crippen LogP contribution in [0, 0.1) is 5.92 Å². The predicted octanol–water partition coefficient (Wildman–Crippen LogP) is 1.13. The van der Waals surface area contributed by atoms with Gasteiger partial charge in [0, 0.05) is 25.7 Å². The fourth-order valence-corrected chi connectivity index (χ4v) is 3.08. The van der Waals surface area contributed by atoms with Crippen molar-refractivity contribution >= 4 is 5.97 Å². The summed E-state index contributed by atoms with van der Waals surface area (Å²) >= 11 is 0. The third-order valence-electron chi connectivity index (χ3n) is 4.61. The SMILES string of the molecule is O=C(O)C(F)(F)F.O=c1cc(Cn2cncn2)nc2n1CCCN(CC1CC1)C2. The molecule has 0 amide bonds. The smallest absolute Gasteiger partial charge is 0.475 e. The molecule has 1 aliphatic carbocycles. The van der Waals surface area contributed by atoms with Crippen molar-refractivity contribution in [2.45, 2.75) is 45.1 Å². The first kappa shape index (κ1) is 21.0. The Balaban J connectivity index is 0.000000298. The van der Waals surface area contributed by atoms with Crippen LogP contribution in [0.4, 0.5) is 13.2 Å². The van der Waals surface area contributed by atoms with Gasteiger partial charge < -0.3 is 5.11 Å². The first-order chi connectivity index (χ1) is 13.7. The van der Waals surface area contributed by atoms with Crippen molar-refractivity contribution < 1.29 is 23.1 Å². The van der Waals surface area contributed by atoms with Crippen molar-refractivity contribution in [2.75, 3.05) is 13.1 Å². The number of aromatic nitrogens is 5. The normalized spacial score (nSPS) is 17.1. The van der Waals surface area contributed by atoms with E-state index in [1.54, 1.807) is 17.1 Å². The minimum absolute atomic E-state index is 0.0494. The van der Waals surface area contributed by atoms with E-state index in [1.165, 1.54) is 19.2 Å². The van der Waals surface area contributed by atoms with Gasteiger partial charge in [0.05, 0.1) is 18.8 Å². The summed E-state index contributed by atoms with van der Waals surface area (Å²) in [5, 5.41) is 11.2. The summed E-state index contributed by atoms with van der Waals surface area (Å²) in [4.78, 5) is 32.4. The maximum Gasteiger partial charge on any atom is 0.490 e. The van der Waals surface area contributed by atoms with Crippen molar-refractivity contribution in [1.82, 2.24) is 29.2 Å². The zero-order valence-corrected chi connectivity index (χ0v) is 15.5. The van der Waals surface area contributed by atoms with E-state index >= 15 is 0 Å². The standard InChI is InChI=1S/C15H20N6O.C2HF3O2/c22-15-6-13(8-20-11-16-10-17-20)18-14-9-19(7-12-2-3-12)4-1-5-21(14)15;3-2(4,5)1(6)7/h6,10-12H,1-5,7-9H2;(H,6,7). The third kappa shape index (κ3) is 6.11. The quantitative estimate of drug-likeness (QED) is 0.799. The van der Waals surface area contributed by atoms with Crippen LogP contribution in [-0.4, -0.2) is 59.6 Å². The van der Waals surface area contributed by atoms with Gasteiger partial charge in [0.15, 0.2) is 0 Å². The molecular formula is C17H21F3N6O3. The molecule has 1 saturated carbocycles. The van der Waals surface area contributed by atoms with E-state index in [0.717, 1.165) is 50.0 Å². The monoisotopic (exact) mass is 414 g/mol. The average molecular weight is 414 g/mol. The second kappa shape index (κ2) is 8.72. The first-order valence-electron chi connectivity index (χ1n) is 9.17. The molecule has 0 saturated heterocycles. The van der Waals surface area contributed by atoms with Crippen molar-refractivity contribution in [3.63, 3.8) is 0 Å². The highest BCUT2D eigenvalue weighted by molar-refractivity contribution is 5.73. The van der Waals surface area contributed by atoms with Crippen LogP contribution in [0.3, 0.4) is 0 Å². The Morgan fingerprint density at radius 3 is 2.59 bits per heavy atom. The van der Waals surface area contributed by atoms with Crippen LogP contribution in [-0.2, 0) is 24.4 Å². The molecular weight excluding hydrogens is 393 g/mol. The molecule has 0 spiro atoms.